The molecule has 0 radical (unpaired) electrons. The van der Waals surface area contributed by atoms with Crippen LogP contribution in [0.25, 0.3) is 0 Å². The normalized spacial score (nSPS) is 28.0. The predicted molar refractivity (Wildman–Crippen MR) is 78.2 cm³/mol. The summed E-state index contributed by atoms with van der Waals surface area (Å²) in [5, 5.41) is 9.06. The maximum Gasteiger partial charge on any atom is 0.234 e. The molecule has 112 valence electrons. The SMILES string of the molecule is CC1C(=O)C(C#N)=CC2C(=O)N(c3ccc(F)cc3)CCC12. The number of fused-ring (bicyclic) bond motifs is 1. The minimum atomic E-state index is -0.457. The number of carbonyl (C=O) groups is 2. The summed E-state index contributed by atoms with van der Waals surface area (Å²) in [6.07, 6.45) is 2.20. The molecule has 22 heavy (non-hydrogen) atoms. The van der Waals surface area contributed by atoms with Gasteiger partial charge in [-0.1, -0.05) is 13.0 Å². The van der Waals surface area contributed by atoms with Gasteiger partial charge in [-0.2, -0.15) is 5.26 Å². The third-order valence-corrected chi connectivity index (χ3v) is 4.62. The van der Waals surface area contributed by atoms with Gasteiger partial charge in [-0.15, -0.1) is 0 Å². The quantitative estimate of drug-likeness (QED) is 0.800. The first-order valence-electron chi connectivity index (χ1n) is 7.26. The molecule has 1 aliphatic heterocycles. The van der Waals surface area contributed by atoms with Gasteiger partial charge in [0.05, 0.1) is 11.5 Å². The van der Waals surface area contributed by atoms with Crippen LogP contribution < -0.4 is 4.90 Å². The highest BCUT2D eigenvalue weighted by molar-refractivity contribution is 6.05. The van der Waals surface area contributed by atoms with Crippen molar-refractivity contribution in [1.82, 2.24) is 0 Å². The Bertz CT molecular complexity index is 702. The second-order valence-corrected chi connectivity index (χ2v) is 5.79. The smallest absolute Gasteiger partial charge is 0.234 e. The van der Waals surface area contributed by atoms with E-state index in [9.17, 15) is 14.0 Å². The molecule has 1 heterocycles. The third kappa shape index (κ3) is 2.21. The second-order valence-electron chi connectivity index (χ2n) is 5.79. The molecule has 4 nitrogen and oxygen atoms in total. The molecule has 0 N–H and O–H groups in total. The standard InChI is InChI=1S/C17H15FN2O2/c1-10-14-6-7-20(13-4-2-12(18)3-5-13)17(22)15(14)8-11(9-19)16(10)21/h2-5,8,10,14-15H,6-7H2,1H3. The maximum atomic E-state index is 13.0. The topological polar surface area (TPSA) is 61.2 Å². The van der Waals surface area contributed by atoms with Crippen molar-refractivity contribution in [3.05, 3.63) is 41.7 Å². The summed E-state index contributed by atoms with van der Waals surface area (Å²) in [6.45, 7) is 2.28. The second kappa shape index (κ2) is 5.38. The zero-order valence-electron chi connectivity index (χ0n) is 12.1. The number of allylic oxidation sites excluding steroid dienone is 1. The molecule has 5 heteroatoms. The maximum absolute atomic E-state index is 13.0. The molecule has 1 amide bonds. The number of Topliss-reactive ketones (excluding diaryl/α,β-unsaturated/α-hetero) is 1. The molecule has 2 aliphatic rings. The van der Waals surface area contributed by atoms with Gasteiger partial charge in [0, 0.05) is 18.2 Å². The number of amides is 1. The Balaban J connectivity index is 1.94. The number of nitriles is 1. The molecule has 0 aromatic heterocycles. The van der Waals surface area contributed by atoms with Crippen molar-refractivity contribution >= 4 is 17.4 Å². The fourth-order valence-corrected chi connectivity index (χ4v) is 3.36. The Hall–Kier alpha value is -2.48. The van der Waals surface area contributed by atoms with E-state index in [4.69, 9.17) is 5.26 Å². The van der Waals surface area contributed by atoms with Gasteiger partial charge in [-0.3, -0.25) is 9.59 Å². The average Bonchev–Trinajstić information content (AvgIpc) is 2.52. The number of anilines is 1. The minimum Gasteiger partial charge on any atom is -0.312 e. The van der Waals surface area contributed by atoms with Gasteiger partial charge in [0.25, 0.3) is 0 Å². The highest BCUT2D eigenvalue weighted by Gasteiger charge is 2.44. The number of halogens is 1. The van der Waals surface area contributed by atoms with E-state index in [1.807, 2.05) is 6.07 Å². The molecule has 1 aliphatic carbocycles. The summed E-state index contributed by atoms with van der Waals surface area (Å²) >= 11 is 0. The lowest BCUT2D eigenvalue weighted by atomic mass is 9.69. The Morgan fingerprint density at radius 2 is 1.95 bits per heavy atom. The van der Waals surface area contributed by atoms with Crippen molar-refractivity contribution in [1.29, 1.82) is 5.26 Å². The first-order chi connectivity index (χ1) is 10.5. The zero-order valence-corrected chi connectivity index (χ0v) is 12.1. The summed E-state index contributed by atoms with van der Waals surface area (Å²) in [7, 11) is 0. The van der Waals surface area contributed by atoms with Crippen molar-refractivity contribution in [3.8, 4) is 6.07 Å². The van der Waals surface area contributed by atoms with Gasteiger partial charge in [-0.05, 0) is 36.6 Å². The summed E-state index contributed by atoms with van der Waals surface area (Å²) in [5.74, 6) is -1.49. The number of carbonyl (C=O) groups excluding carboxylic acids is 2. The van der Waals surface area contributed by atoms with Gasteiger partial charge >= 0.3 is 0 Å². The van der Waals surface area contributed by atoms with Crippen LogP contribution in [0.3, 0.4) is 0 Å². The number of nitrogens with zero attached hydrogens (tertiary/aromatic N) is 2. The molecule has 0 spiro atoms. The first-order valence-corrected chi connectivity index (χ1v) is 7.26. The molecule has 0 bridgehead atoms. The molecular formula is C17H15FN2O2. The van der Waals surface area contributed by atoms with Crippen LogP contribution in [-0.2, 0) is 9.59 Å². The van der Waals surface area contributed by atoms with Crippen molar-refractivity contribution < 1.29 is 14.0 Å². The minimum absolute atomic E-state index is 0.0613. The van der Waals surface area contributed by atoms with Gasteiger partial charge in [0.2, 0.25) is 5.91 Å². The van der Waals surface area contributed by atoms with Gasteiger partial charge in [0.15, 0.2) is 5.78 Å². The number of benzene rings is 1. The molecule has 1 saturated heterocycles. The molecule has 3 atom stereocenters. The van der Waals surface area contributed by atoms with E-state index in [1.54, 1.807) is 24.0 Å². The number of piperidine rings is 1. The zero-order chi connectivity index (χ0) is 15.9. The predicted octanol–water partition coefficient (Wildman–Crippen LogP) is 2.46. The van der Waals surface area contributed by atoms with Crippen LogP contribution in [-0.4, -0.2) is 18.2 Å². The van der Waals surface area contributed by atoms with Crippen LogP contribution in [0.2, 0.25) is 0 Å². The first kappa shape index (κ1) is 14.5. The largest absolute Gasteiger partial charge is 0.312 e. The summed E-state index contributed by atoms with van der Waals surface area (Å²) in [6, 6.07) is 7.67. The van der Waals surface area contributed by atoms with E-state index in [0.29, 0.717) is 18.7 Å². The molecule has 0 saturated carbocycles. The lowest BCUT2D eigenvalue weighted by molar-refractivity contribution is -0.128. The number of hydrogen-bond donors (Lipinski definition) is 0. The van der Waals surface area contributed by atoms with Crippen molar-refractivity contribution in [3.63, 3.8) is 0 Å². The van der Waals surface area contributed by atoms with Gasteiger partial charge in [0.1, 0.15) is 11.9 Å². The van der Waals surface area contributed by atoms with E-state index >= 15 is 0 Å². The molecule has 1 aromatic carbocycles. The van der Waals surface area contributed by atoms with Crippen LogP contribution >= 0.6 is 0 Å². The van der Waals surface area contributed by atoms with E-state index in [2.05, 4.69) is 0 Å². The van der Waals surface area contributed by atoms with E-state index in [1.165, 1.54) is 18.2 Å². The number of rotatable bonds is 1. The number of hydrogen-bond acceptors (Lipinski definition) is 3. The van der Waals surface area contributed by atoms with Crippen molar-refractivity contribution in [2.24, 2.45) is 17.8 Å². The lowest BCUT2D eigenvalue weighted by Crippen LogP contribution is -2.49. The van der Waals surface area contributed by atoms with Crippen LogP contribution in [0.4, 0.5) is 10.1 Å². The highest BCUT2D eigenvalue weighted by atomic mass is 19.1. The summed E-state index contributed by atoms with van der Waals surface area (Å²) in [4.78, 5) is 26.4. The van der Waals surface area contributed by atoms with Crippen molar-refractivity contribution in [2.75, 3.05) is 11.4 Å². The van der Waals surface area contributed by atoms with Crippen LogP contribution in [0.5, 0.6) is 0 Å². The summed E-state index contributed by atoms with van der Waals surface area (Å²) < 4.78 is 13.0. The molecule has 1 fully saturated rings. The highest BCUT2D eigenvalue weighted by Crippen LogP contribution is 2.39. The monoisotopic (exact) mass is 298 g/mol. The van der Waals surface area contributed by atoms with Gasteiger partial charge < -0.3 is 4.90 Å². The number of ketones is 1. The molecule has 3 unspecified atom stereocenters. The third-order valence-electron chi connectivity index (χ3n) is 4.62. The van der Waals surface area contributed by atoms with Crippen LogP contribution in [0, 0.1) is 34.9 Å². The van der Waals surface area contributed by atoms with E-state index < -0.39 is 5.92 Å². The van der Waals surface area contributed by atoms with Crippen LogP contribution in [0.1, 0.15) is 13.3 Å². The Labute approximate surface area is 127 Å². The fourth-order valence-electron chi connectivity index (χ4n) is 3.36. The van der Waals surface area contributed by atoms with E-state index in [0.717, 1.165) is 0 Å². The summed E-state index contributed by atoms with van der Waals surface area (Å²) in [5.41, 5.74) is 0.712. The van der Waals surface area contributed by atoms with Crippen molar-refractivity contribution in [2.45, 2.75) is 13.3 Å². The van der Waals surface area contributed by atoms with Gasteiger partial charge in [-0.25, -0.2) is 4.39 Å². The fraction of sp³-hybridized carbons (Fsp3) is 0.353. The Morgan fingerprint density at radius 3 is 2.59 bits per heavy atom. The van der Waals surface area contributed by atoms with Crippen LogP contribution in [0.15, 0.2) is 35.9 Å². The molecule has 3 rings (SSSR count). The Kier molecular flexibility index (Phi) is 3.53. The molecular weight excluding hydrogens is 283 g/mol. The molecule has 1 aromatic rings. The Morgan fingerprint density at radius 1 is 1.27 bits per heavy atom. The average molecular weight is 298 g/mol. The lowest BCUT2D eigenvalue weighted by Gasteiger charge is -2.41. The van der Waals surface area contributed by atoms with E-state index in [-0.39, 0.29) is 34.9 Å².